The number of hydrogen-bond acceptors (Lipinski definition) is 5. The molecule has 1 aromatic heterocycles. The summed E-state index contributed by atoms with van der Waals surface area (Å²) in [5, 5.41) is 0. The van der Waals surface area contributed by atoms with Crippen LogP contribution in [0.15, 0.2) is 36.5 Å². The van der Waals surface area contributed by atoms with Crippen LogP contribution in [0.2, 0.25) is 0 Å². The molecule has 104 valence electrons. The van der Waals surface area contributed by atoms with Crippen LogP contribution in [0.1, 0.15) is 24.1 Å². The van der Waals surface area contributed by atoms with Gasteiger partial charge in [-0.1, -0.05) is 12.1 Å². The summed E-state index contributed by atoms with van der Waals surface area (Å²) in [7, 11) is 0. The van der Waals surface area contributed by atoms with E-state index >= 15 is 0 Å². The maximum absolute atomic E-state index is 5.77. The van der Waals surface area contributed by atoms with Gasteiger partial charge in [-0.3, -0.25) is 0 Å². The fraction of sp³-hybridized carbons (Fsp3) is 0.267. The van der Waals surface area contributed by atoms with Gasteiger partial charge in [-0.2, -0.15) is 0 Å². The summed E-state index contributed by atoms with van der Waals surface area (Å²) >= 11 is 0. The van der Waals surface area contributed by atoms with Gasteiger partial charge in [0.05, 0.1) is 0 Å². The highest BCUT2D eigenvalue weighted by atomic mass is 16.7. The van der Waals surface area contributed by atoms with Crippen molar-refractivity contribution in [1.29, 1.82) is 0 Å². The highest BCUT2D eigenvalue weighted by molar-refractivity contribution is 5.44. The average Bonchev–Trinajstić information content (AvgIpc) is 2.93. The van der Waals surface area contributed by atoms with E-state index in [9.17, 15) is 0 Å². The fourth-order valence-corrected chi connectivity index (χ4v) is 1.93. The number of pyridine rings is 1. The number of nitrogens with zero attached hydrogens (tertiary/aromatic N) is 1. The highest BCUT2D eigenvalue weighted by Gasteiger charge is 2.13. The Balaban J connectivity index is 1.64. The summed E-state index contributed by atoms with van der Waals surface area (Å²) in [5.74, 6) is 2.10. The molecule has 2 aromatic rings. The zero-order valence-corrected chi connectivity index (χ0v) is 11.2. The third-order valence-corrected chi connectivity index (χ3v) is 3.11. The number of rotatable bonds is 4. The number of hydrogen-bond donors (Lipinski definition) is 1. The van der Waals surface area contributed by atoms with Crippen LogP contribution in [0.3, 0.4) is 0 Å². The molecule has 5 heteroatoms. The highest BCUT2D eigenvalue weighted by Crippen LogP contribution is 2.32. The Morgan fingerprint density at radius 1 is 1.25 bits per heavy atom. The first-order valence-electron chi connectivity index (χ1n) is 6.45. The van der Waals surface area contributed by atoms with Crippen molar-refractivity contribution >= 4 is 0 Å². The Morgan fingerprint density at radius 3 is 2.85 bits per heavy atom. The maximum Gasteiger partial charge on any atom is 0.231 e. The van der Waals surface area contributed by atoms with E-state index in [1.165, 1.54) is 0 Å². The van der Waals surface area contributed by atoms with E-state index in [2.05, 4.69) is 4.98 Å². The molecule has 5 nitrogen and oxygen atoms in total. The average molecular weight is 272 g/mol. The first-order valence-corrected chi connectivity index (χ1v) is 6.45. The second-order valence-corrected chi connectivity index (χ2v) is 4.69. The minimum atomic E-state index is -0.0228. The van der Waals surface area contributed by atoms with Crippen LogP contribution in [0.4, 0.5) is 0 Å². The molecule has 1 atom stereocenters. The number of aromatic nitrogens is 1. The van der Waals surface area contributed by atoms with Gasteiger partial charge in [-0.05, 0) is 30.2 Å². The fourth-order valence-electron chi connectivity index (χ4n) is 1.93. The van der Waals surface area contributed by atoms with Crippen LogP contribution in [-0.4, -0.2) is 11.8 Å². The van der Waals surface area contributed by atoms with Crippen molar-refractivity contribution in [1.82, 2.24) is 4.98 Å². The summed E-state index contributed by atoms with van der Waals surface area (Å²) < 4.78 is 16.2. The summed E-state index contributed by atoms with van der Waals surface area (Å²) in [6, 6.07) is 9.47. The first kappa shape index (κ1) is 12.7. The van der Waals surface area contributed by atoms with Crippen molar-refractivity contribution < 1.29 is 14.2 Å². The van der Waals surface area contributed by atoms with E-state index in [4.69, 9.17) is 19.9 Å². The van der Waals surface area contributed by atoms with Crippen molar-refractivity contribution in [3.63, 3.8) is 0 Å². The lowest BCUT2D eigenvalue weighted by Gasteiger charge is -2.08. The summed E-state index contributed by atoms with van der Waals surface area (Å²) in [6.07, 6.45) is 1.74. The Hall–Kier alpha value is -2.27. The van der Waals surface area contributed by atoms with Gasteiger partial charge >= 0.3 is 0 Å². The van der Waals surface area contributed by atoms with Crippen molar-refractivity contribution in [3.05, 3.63) is 47.7 Å². The largest absolute Gasteiger partial charge is 0.473 e. The van der Waals surface area contributed by atoms with E-state index in [1.807, 2.05) is 37.3 Å². The van der Waals surface area contributed by atoms with E-state index < -0.39 is 0 Å². The Labute approximate surface area is 117 Å². The molecule has 0 unspecified atom stereocenters. The molecule has 1 aliphatic heterocycles. The third kappa shape index (κ3) is 2.67. The van der Waals surface area contributed by atoms with Crippen LogP contribution in [-0.2, 0) is 6.61 Å². The van der Waals surface area contributed by atoms with E-state index in [0.717, 1.165) is 22.6 Å². The van der Waals surface area contributed by atoms with Crippen molar-refractivity contribution in [2.24, 2.45) is 5.73 Å². The molecular formula is C15H16N2O3. The first-order chi connectivity index (χ1) is 9.72. The molecular weight excluding hydrogens is 256 g/mol. The van der Waals surface area contributed by atoms with Crippen molar-refractivity contribution in [2.75, 3.05) is 6.79 Å². The predicted molar refractivity (Wildman–Crippen MR) is 73.7 cm³/mol. The Kier molecular flexibility index (Phi) is 3.43. The van der Waals surface area contributed by atoms with Crippen LogP contribution in [0.25, 0.3) is 0 Å². The normalized spacial score (nSPS) is 14.1. The van der Waals surface area contributed by atoms with Crippen molar-refractivity contribution in [3.8, 4) is 17.4 Å². The monoisotopic (exact) mass is 272 g/mol. The molecule has 1 aromatic carbocycles. The summed E-state index contributed by atoms with van der Waals surface area (Å²) in [5.41, 5.74) is 7.77. The van der Waals surface area contributed by atoms with Gasteiger partial charge in [0.25, 0.3) is 0 Å². The standard InChI is InChI=1S/C15H16N2O3/c1-10(16)12-3-5-15(17-7-12)18-8-11-2-4-13-14(6-11)20-9-19-13/h2-7,10H,8-9,16H2,1H3/t10-/m1/s1. The van der Waals surface area contributed by atoms with Gasteiger partial charge in [0.2, 0.25) is 12.7 Å². The quantitative estimate of drug-likeness (QED) is 0.925. The Morgan fingerprint density at radius 2 is 2.10 bits per heavy atom. The van der Waals surface area contributed by atoms with Gasteiger partial charge in [0.1, 0.15) is 6.61 Å². The topological polar surface area (TPSA) is 66.6 Å². The molecule has 0 amide bonds. The minimum absolute atomic E-state index is 0.0228. The van der Waals surface area contributed by atoms with Gasteiger partial charge in [-0.15, -0.1) is 0 Å². The van der Waals surface area contributed by atoms with Crippen LogP contribution >= 0.6 is 0 Å². The SMILES string of the molecule is C[C@@H](N)c1ccc(OCc2ccc3c(c2)OCO3)nc1. The van der Waals surface area contributed by atoms with Crippen LogP contribution in [0, 0.1) is 0 Å². The van der Waals surface area contributed by atoms with Gasteiger partial charge in [0, 0.05) is 18.3 Å². The second kappa shape index (κ2) is 5.38. The lowest BCUT2D eigenvalue weighted by atomic mass is 10.2. The number of nitrogens with two attached hydrogens (primary N) is 1. The maximum atomic E-state index is 5.77. The molecule has 2 N–H and O–H groups in total. The Bertz CT molecular complexity index is 597. The third-order valence-electron chi connectivity index (χ3n) is 3.11. The molecule has 0 spiro atoms. The van der Waals surface area contributed by atoms with Crippen molar-refractivity contribution in [2.45, 2.75) is 19.6 Å². The summed E-state index contributed by atoms with van der Waals surface area (Å²) in [6.45, 7) is 2.63. The molecule has 0 radical (unpaired) electrons. The van der Waals surface area contributed by atoms with Gasteiger partial charge < -0.3 is 19.9 Å². The molecule has 0 saturated heterocycles. The second-order valence-electron chi connectivity index (χ2n) is 4.69. The zero-order chi connectivity index (χ0) is 13.9. The molecule has 0 aliphatic carbocycles. The molecule has 3 rings (SSSR count). The van der Waals surface area contributed by atoms with E-state index in [0.29, 0.717) is 12.5 Å². The molecule has 0 bridgehead atoms. The van der Waals surface area contributed by atoms with E-state index in [-0.39, 0.29) is 12.8 Å². The molecule has 0 saturated carbocycles. The lowest BCUT2D eigenvalue weighted by Crippen LogP contribution is -2.05. The number of fused-ring (bicyclic) bond motifs is 1. The smallest absolute Gasteiger partial charge is 0.231 e. The van der Waals surface area contributed by atoms with Crippen LogP contribution in [0.5, 0.6) is 17.4 Å². The minimum Gasteiger partial charge on any atom is -0.473 e. The predicted octanol–water partition coefficient (Wildman–Crippen LogP) is 2.41. The summed E-state index contributed by atoms with van der Waals surface area (Å²) in [4.78, 5) is 4.23. The van der Waals surface area contributed by atoms with E-state index in [1.54, 1.807) is 6.20 Å². The van der Waals surface area contributed by atoms with Gasteiger partial charge in [-0.25, -0.2) is 4.98 Å². The number of ether oxygens (including phenoxy) is 3. The molecule has 1 aliphatic rings. The zero-order valence-electron chi connectivity index (χ0n) is 11.2. The van der Waals surface area contributed by atoms with Gasteiger partial charge in [0.15, 0.2) is 11.5 Å². The van der Waals surface area contributed by atoms with Crippen LogP contribution < -0.4 is 19.9 Å². The molecule has 20 heavy (non-hydrogen) atoms. The molecule has 0 fully saturated rings. The number of benzene rings is 1. The lowest BCUT2D eigenvalue weighted by molar-refractivity contribution is 0.174. The molecule has 2 heterocycles.